The second-order valence-electron chi connectivity index (χ2n) is 6.82. The van der Waals surface area contributed by atoms with Gasteiger partial charge in [-0.25, -0.2) is 4.79 Å². The Balaban J connectivity index is 1.75. The van der Waals surface area contributed by atoms with Crippen LogP contribution in [0.2, 0.25) is 0 Å². The van der Waals surface area contributed by atoms with E-state index < -0.39 is 0 Å². The third-order valence-electron chi connectivity index (χ3n) is 5.48. The van der Waals surface area contributed by atoms with Gasteiger partial charge in [0.1, 0.15) is 0 Å². The highest BCUT2D eigenvalue weighted by molar-refractivity contribution is 5.75. The first kappa shape index (κ1) is 16.3. The molecule has 1 aromatic heterocycles. The summed E-state index contributed by atoms with van der Waals surface area (Å²) in [6.07, 6.45) is 5.37. The van der Waals surface area contributed by atoms with Crippen LogP contribution in [0.15, 0.2) is 0 Å². The zero-order valence-corrected chi connectivity index (χ0v) is 14.6. The van der Waals surface area contributed by atoms with Crippen molar-refractivity contribution in [1.82, 2.24) is 20.0 Å². The van der Waals surface area contributed by atoms with Crippen LogP contribution >= 0.6 is 0 Å². The maximum atomic E-state index is 12.8. The van der Waals surface area contributed by atoms with Gasteiger partial charge in [-0.05, 0) is 46.0 Å². The molecule has 0 bridgehead atoms. The van der Waals surface area contributed by atoms with E-state index in [0.717, 1.165) is 50.0 Å². The Morgan fingerprint density at radius 2 is 2.04 bits per heavy atom. The molecule has 2 fully saturated rings. The third kappa shape index (κ3) is 2.96. The van der Waals surface area contributed by atoms with Crippen LogP contribution in [0, 0.1) is 13.8 Å². The monoisotopic (exact) mass is 320 g/mol. The lowest BCUT2D eigenvalue weighted by atomic mass is 10.0. The van der Waals surface area contributed by atoms with Crippen molar-refractivity contribution in [3.05, 3.63) is 17.0 Å². The van der Waals surface area contributed by atoms with Gasteiger partial charge in [-0.3, -0.25) is 4.68 Å². The van der Waals surface area contributed by atoms with Gasteiger partial charge in [0, 0.05) is 32.0 Å². The van der Waals surface area contributed by atoms with E-state index in [1.54, 1.807) is 7.11 Å². The third-order valence-corrected chi connectivity index (χ3v) is 5.48. The zero-order chi connectivity index (χ0) is 16.6. The van der Waals surface area contributed by atoms with E-state index in [4.69, 9.17) is 4.74 Å². The molecule has 3 atom stereocenters. The predicted molar refractivity (Wildman–Crippen MR) is 88.3 cm³/mol. The molecule has 1 saturated carbocycles. The van der Waals surface area contributed by atoms with Crippen molar-refractivity contribution in [2.75, 3.05) is 13.7 Å². The maximum absolute atomic E-state index is 12.8. The predicted octanol–water partition coefficient (Wildman–Crippen LogP) is 2.45. The van der Waals surface area contributed by atoms with E-state index in [0.29, 0.717) is 0 Å². The molecule has 0 radical (unpaired) electrons. The van der Waals surface area contributed by atoms with Gasteiger partial charge in [0.05, 0.1) is 23.9 Å². The summed E-state index contributed by atoms with van der Waals surface area (Å²) in [5.41, 5.74) is 3.41. The summed E-state index contributed by atoms with van der Waals surface area (Å²) in [6.45, 7) is 4.94. The molecule has 1 aromatic rings. The minimum absolute atomic E-state index is 0.0455. The number of urea groups is 1. The molecular formula is C17H28N4O2. The summed E-state index contributed by atoms with van der Waals surface area (Å²) in [4.78, 5) is 14.8. The number of aryl methyl sites for hydroxylation is 2. The molecular weight excluding hydrogens is 292 g/mol. The van der Waals surface area contributed by atoms with Gasteiger partial charge >= 0.3 is 6.03 Å². The van der Waals surface area contributed by atoms with Crippen molar-refractivity contribution in [1.29, 1.82) is 0 Å². The fourth-order valence-corrected chi connectivity index (χ4v) is 4.20. The van der Waals surface area contributed by atoms with E-state index >= 15 is 0 Å². The summed E-state index contributed by atoms with van der Waals surface area (Å²) in [6, 6.07) is 0.333. The van der Waals surface area contributed by atoms with Crippen LogP contribution in [0.5, 0.6) is 0 Å². The smallest absolute Gasteiger partial charge is 0.318 e. The van der Waals surface area contributed by atoms with Crippen molar-refractivity contribution in [3.8, 4) is 0 Å². The number of hydrogen-bond donors (Lipinski definition) is 1. The lowest BCUT2D eigenvalue weighted by Crippen LogP contribution is -2.47. The number of amides is 2. The molecule has 2 heterocycles. The number of carbonyl (C=O) groups excluding carboxylic acids is 1. The van der Waals surface area contributed by atoms with E-state index in [1.807, 2.05) is 23.6 Å². The molecule has 23 heavy (non-hydrogen) atoms. The van der Waals surface area contributed by atoms with Gasteiger partial charge in [-0.15, -0.1) is 0 Å². The van der Waals surface area contributed by atoms with Gasteiger partial charge in [-0.1, -0.05) is 0 Å². The molecule has 2 aliphatic rings. The first-order chi connectivity index (χ1) is 11.0. The quantitative estimate of drug-likeness (QED) is 0.930. The number of rotatable bonds is 3. The Hall–Kier alpha value is -1.56. The van der Waals surface area contributed by atoms with Crippen molar-refractivity contribution in [3.63, 3.8) is 0 Å². The molecule has 1 saturated heterocycles. The molecule has 128 valence electrons. The zero-order valence-electron chi connectivity index (χ0n) is 14.6. The summed E-state index contributed by atoms with van der Waals surface area (Å²) in [5, 5.41) is 7.72. The highest BCUT2D eigenvalue weighted by Crippen LogP contribution is 2.35. The Morgan fingerprint density at radius 3 is 2.70 bits per heavy atom. The number of hydrogen-bond acceptors (Lipinski definition) is 3. The number of nitrogens with zero attached hydrogens (tertiary/aromatic N) is 3. The topological polar surface area (TPSA) is 59.4 Å². The largest absolute Gasteiger partial charge is 0.379 e. The Morgan fingerprint density at radius 1 is 1.26 bits per heavy atom. The number of ether oxygens (including phenoxy) is 1. The van der Waals surface area contributed by atoms with Crippen LogP contribution in [-0.4, -0.2) is 46.5 Å². The van der Waals surface area contributed by atoms with Crippen LogP contribution < -0.4 is 5.32 Å². The van der Waals surface area contributed by atoms with Crippen molar-refractivity contribution in [2.24, 2.45) is 7.05 Å². The van der Waals surface area contributed by atoms with Crippen molar-refractivity contribution in [2.45, 2.75) is 64.1 Å². The fourth-order valence-electron chi connectivity index (χ4n) is 4.20. The first-order valence-corrected chi connectivity index (χ1v) is 8.63. The van der Waals surface area contributed by atoms with Gasteiger partial charge in [0.15, 0.2) is 0 Å². The average molecular weight is 320 g/mol. The van der Waals surface area contributed by atoms with Crippen LogP contribution in [0.4, 0.5) is 4.79 Å². The standard InChI is InChI=1S/C17H28N4O2/c1-11-16(12(2)20(3)19-11)14-8-6-10-21(14)17(22)18-13-7-5-9-15(13)23-4/h13-15H,5-10H2,1-4H3,(H,18,22). The first-order valence-electron chi connectivity index (χ1n) is 8.63. The SMILES string of the molecule is COC1CCCC1NC(=O)N1CCCC1c1c(C)nn(C)c1C. The van der Waals surface area contributed by atoms with Crippen LogP contribution in [0.1, 0.15) is 55.1 Å². The molecule has 6 nitrogen and oxygen atoms in total. The normalized spacial score (nSPS) is 27.7. The van der Waals surface area contributed by atoms with Gasteiger partial charge < -0.3 is 15.0 Å². The van der Waals surface area contributed by atoms with Crippen LogP contribution in [0.3, 0.4) is 0 Å². The maximum Gasteiger partial charge on any atom is 0.318 e. The molecule has 0 aromatic carbocycles. The molecule has 1 N–H and O–H groups in total. The van der Waals surface area contributed by atoms with Gasteiger partial charge in [-0.2, -0.15) is 5.10 Å². The van der Waals surface area contributed by atoms with E-state index in [1.165, 1.54) is 5.56 Å². The molecule has 2 amide bonds. The molecule has 3 unspecified atom stereocenters. The summed E-state index contributed by atoms with van der Waals surface area (Å²) in [7, 11) is 3.70. The summed E-state index contributed by atoms with van der Waals surface area (Å²) >= 11 is 0. The molecule has 6 heteroatoms. The Labute approximate surface area is 138 Å². The number of carbonyl (C=O) groups is 1. The summed E-state index contributed by atoms with van der Waals surface area (Å²) in [5.74, 6) is 0. The second kappa shape index (κ2) is 6.51. The summed E-state index contributed by atoms with van der Waals surface area (Å²) < 4.78 is 7.41. The van der Waals surface area contributed by atoms with Gasteiger partial charge in [0.25, 0.3) is 0 Å². The number of methoxy groups -OCH3 is 1. The van der Waals surface area contributed by atoms with Gasteiger partial charge in [0.2, 0.25) is 0 Å². The van der Waals surface area contributed by atoms with Crippen molar-refractivity contribution < 1.29 is 9.53 Å². The average Bonchev–Trinajstić information content (AvgIpc) is 3.20. The molecule has 1 aliphatic heterocycles. The number of likely N-dealkylation sites (tertiary alicyclic amines) is 1. The van der Waals surface area contributed by atoms with Crippen LogP contribution in [0.25, 0.3) is 0 Å². The van der Waals surface area contributed by atoms with Crippen LogP contribution in [-0.2, 0) is 11.8 Å². The number of nitrogens with one attached hydrogen (secondary N) is 1. The lowest BCUT2D eigenvalue weighted by molar-refractivity contribution is 0.0843. The molecule has 3 rings (SSSR count). The Kier molecular flexibility index (Phi) is 4.62. The highest BCUT2D eigenvalue weighted by atomic mass is 16.5. The van der Waals surface area contributed by atoms with E-state index in [9.17, 15) is 4.79 Å². The second-order valence-corrected chi connectivity index (χ2v) is 6.82. The minimum Gasteiger partial charge on any atom is -0.379 e. The fraction of sp³-hybridized carbons (Fsp3) is 0.765. The number of aromatic nitrogens is 2. The lowest BCUT2D eigenvalue weighted by Gasteiger charge is -2.28. The molecule has 1 aliphatic carbocycles. The molecule has 0 spiro atoms. The Bertz CT molecular complexity index is 583. The van der Waals surface area contributed by atoms with E-state index in [-0.39, 0.29) is 24.2 Å². The highest BCUT2D eigenvalue weighted by Gasteiger charge is 2.36. The van der Waals surface area contributed by atoms with E-state index in [2.05, 4.69) is 17.3 Å². The minimum atomic E-state index is 0.0455. The van der Waals surface area contributed by atoms with Crippen molar-refractivity contribution >= 4 is 6.03 Å².